The fraction of sp³-hybridized carbons (Fsp3) is 0.286. The maximum absolute atomic E-state index is 12.2. The molecule has 2 aromatic carbocycles. The van der Waals surface area contributed by atoms with Gasteiger partial charge < -0.3 is 4.74 Å². The third-order valence-corrected chi connectivity index (χ3v) is 4.29. The van der Waals surface area contributed by atoms with E-state index in [0.29, 0.717) is 22.9 Å². The number of hydrogen-bond donors (Lipinski definition) is 2. The Morgan fingerprint density at radius 1 is 1.07 bits per heavy atom. The summed E-state index contributed by atoms with van der Waals surface area (Å²) in [6, 6.07) is 14.2. The molecule has 2 N–H and O–H groups in total. The van der Waals surface area contributed by atoms with Crippen LogP contribution >= 0.6 is 0 Å². The highest BCUT2D eigenvalue weighted by Gasteiger charge is 2.27. The molecule has 3 amide bonds. The number of nitrogens with one attached hydrogen (secondary N) is 2. The number of anilines is 1. The van der Waals surface area contributed by atoms with E-state index in [1.165, 1.54) is 4.90 Å². The van der Waals surface area contributed by atoms with Crippen LogP contribution in [0.3, 0.4) is 0 Å². The third kappa shape index (κ3) is 4.68. The second-order valence-electron chi connectivity index (χ2n) is 7.03. The van der Waals surface area contributed by atoms with Crippen molar-refractivity contribution >= 4 is 23.4 Å². The first kappa shape index (κ1) is 19.4. The van der Waals surface area contributed by atoms with Crippen LogP contribution in [0.25, 0.3) is 0 Å². The van der Waals surface area contributed by atoms with Crippen molar-refractivity contribution < 1.29 is 19.1 Å². The van der Waals surface area contributed by atoms with Crippen LogP contribution in [-0.4, -0.2) is 30.9 Å². The lowest BCUT2D eigenvalue weighted by molar-refractivity contribution is -0.125. The summed E-state index contributed by atoms with van der Waals surface area (Å²) in [5.41, 5.74) is 6.86. The molecule has 0 unspecified atom stereocenters. The van der Waals surface area contributed by atoms with Crippen molar-refractivity contribution in [3.05, 3.63) is 59.7 Å². The van der Waals surface area contributed by atoms with Crippen LogP contribution < -0.4 is 20.5 Å². The molecule has 0 saturated carbocycles. The van der Waals surface area contributed by atoms with E-state index in [-0.39, 0.29) is 19.1 Å². The molecule has 7 heteroatoms. The summed E-state index contributed by atoms with van der Waals surface area (Å²) in [6.45, 7) is 3.92. The molecule has 0 saturated heterocycles. The summed E-state index contributed by atoms with van der Waals surface area (Å²) >= 11 is 0. The quantitative estimate of drug-likeness (QED) is 0.776. The predicted octanol–water partition coefficient (Wildman–Crippen LogP) is 2.07. The minimum atomic E-state index is -0.505. The van der Waals surface area contributed by atoms with Crippen molar-refractivity contribution in [2.45, 2.75) is 20.3 Å². The second-order valence-corrected chi connectivity index (χ2v) is 7.03. The first-order valence-electron chi connectivity index (χ1n) is 9.14. The Balaban J connectivity index is 1.56. The van der Waals surface area contributed by atoms with Gasteiger partial charge in [-0.05, 0) is 42.2 Å². The Morgan fingerprint density at radius 3 is 2.50 bits per heavy atom. The van der Waals surface area contributed by atoms with Crippen molar-refractivity contribution in [3.63, 3.8) is 0 Å². The zero-order valence-electron chi connectivity index (χ0n) is 15.9. The van der Waals surface area contributed by atoms with Gasteiger partial charge in [-0.3, -0.25) is 30.1 Å². The molecule has 0 radical (unpaired) electrons. The third-order valence-electron chi connectivity index (χ3n) is 4.29. The summed E-state index contributed by atoms with van der Waals surface area (Å²) in [6.07, 6.45) is 0.938. The molecule has 0 fully saturated rings. The highest BCUT2D eigenvalue weighted by Crippen LogP contribution is 2.31. The number of hydrazine groups is 1. The minimum Gasteiger partial charge on any atom is -0.482 e. The van der Waals surface area contributed by atoms with Gasteiger partial charge in [-0.15, -0.1) is 0 Å². The van der Waals surface area contributed by atoms with E-state index in [1.807, 2.05) is 12.1 Å². The zero-order chi connectivity index (χ0) is 20.1. The normalized spacial score (nSPS) is 13.0. The monoisotopic (exact) mass is 381 g/mol. The van der Waals surface area contributed by atoms with E-state index in [1.54, 1.807) is 36.4 Å². The molecule has 0 aromatic heterocycles. The van der Waals surface area contributed by atoms with Gasteiger partial charge >= 0.3 is 0 Å². The number of carbonyl (C=O) groups is 3. The van der Waals surface area contributed by atoms with Gasteiger partial charge in [0.25, 0.3) is 17.7 Å². The number of amides is 3. The largest absolute Gasteiger partial charge is 0.482 e. The molecule has 0 aliphatic carbocycles. The van der Waals surface area contributed by atoms with Crippen LogP contribution in [0.5, 0.6) is 5.75 Å². The van der Waals surface area contributed by atoms with Crippen LogP contribution in [0.2, 0.25) is 0 Å². The van der Waals surface area contributed by atoms with Crippen molar-refractivity contribution in [2.24, 2.45) is 5.92 Å². The number of rotatable bonds is 5. The van der Waals surface area contributed by atoms with Crippen LogP contribution in [0.1, 0.15) is 29.8 Å². The van der Waals surface area contributed by atoms with Crippen molar-refractivity contribution in [2.75, 3.05) is 18.1 Å². The van der Waals surface area contributed by atoms with Gasteiger partial charge in [-0.25, -0.2) is 0 Å². The van der Waals surface area contributed by atoms with E-state index >= 15 is 0 Å². The van der Waals surface area contributed by atoms with E-state index in [0.717, 1.165) is 12.0 Å². The van der Waals surface area contributed by atoms with Crippen LogP contribution in [0.4, 0.5) is 5.69 Å². The zero-order valence-corrected chi connectivity index (χ0v) is 15.9. The van der Waals surface area contributed by atoms with Gasteiger partial charge in [0, 0.05) is 5.56 Å². The molecule has 0 atom stereocenters. The van der Waals surface area contributed by atoms with Gasteiger partial charge in [-0.2, -0.15) is 0 Å². The maximum Gasteiger partial charge on any atom is 0.269 e. The van der Waals surface area contributed by atoms with Crippen molar-refractivity contribution in [1.82, 2.24) is 10.9 Å². The summed E-state index contributed by atoms with van der Waals surface area (Å²) in [4.78, 5) is 37.9. The number of para-hydroxylation sites is 2. The second kappa shape index (κ2) is 8.56. The van der Waals surface area contributed by atoms with E-state index in [2.05, 4.69) is 24.7 Å². The standard InChI is InChI=1S/C21H23N3O4/c1-14(2)11-15-7-9-16(10-8-15)21(27)23-22-19(25)12-24-17-5-3-4-6-18(17)28-13-20(24)26/h3-10,14H,11-13H2,1-2H3,(H,22,25)(H,23,27). The van der Waals surface area contributed by atoms with Crippen LogP contribution in [0.15, 0.2) is 48.5 Å². The van der Waals surface area contributed by atoms with Crippen LogP contribution in [-0.2, 0) is 16.0 Å². The number of benzene rings is 2. The van der Waals surface area contributed by atoms with E-state index in [9.17, 15) is 14.4 Å². The van der Waals surface area contributed by atoms with Crippen molar-refractivity contribution in [1.29, 1.82) is 0 Å². The predicted molar refractivity (Wildman–Crippen MR) is 105 cm³/mol. The highest BCUT2D eigenvalue weighted by molar-refractivity contribution is 6.02. The lowest BCUT2D eigenvalue weighted by atomic mass is 10.0. The van der Waals surface area contributed by atoms with Gasteiger partial charge in [0.05, 0.1) is 5.69 Å². The topological polar surface area (TPSA) is 87.7 Å². The molecule has 0 bridgehead atoms. The Kier molecular flexibility index (Phi) is 5.93. The minimum absolute atomic E-state index is 0.126. The lowest BCUT2D eigenvalue weighted by Gasteiger charge is -2.28. The van der Waals surface area contributed by atoms with E-state index < -0.39 is 11.8 Å². The molecular weight excluding hydrogens is 358 g/mol. The molecule has 3 rings (SSSR count). The summed E-state index contributed by atoms with van der Waals surface area (Å²) in [5.74, 6) is -0.165. The molecule has 1 aliphatic rings. The van der Waals surface area contributed by atoms with Gasteiger partial charge in [0.1, 0.15) is 12.3 Å². The molecule has 146 valence electrons. The molecule has 1 aliphatic heterocycles. The Bertz CT molecular complexity index is 877. The maximum atomic E-state index is 12.2. The smallest absolute Gasteiger partial charge is 0.269 e. The molecule has 1 heterocycles. The fourth-order valence-electron chi connectivity index (χ4n) is 2.97. The summed E-state index contributed by atoms with van der Waals surface area (Å²) in [7, 11) is 0. The Hall–Kier alpha value is -3.35. The molecule has 0 spiro atoms. The number of hydrogen-bond acceptors (Lipinski definition) is 4. The molecular formula is C21H23N3O4. The fourth-order valence-corrected chi connectivity index (χ4v) is 2.97. The number of fused-ring (bicyclic) bond motifs is 1. The number of nitrogens with zero attached hydrogens (tertiary/aromatic N) is 1. The SMILES string of the molecule is CC(C)Cc1ccc(C(=O)NNC(=O)CN2C(=O)COc3ccccc32)cc1. The van der Waals surface area contributed by atoms with Gasteiger partial charge in [0.2, 0.25) is 0 Å². The highest BCUT2D eigenvalue weighted by atomic mass is 16.5. The van der Waals surface area contributed by atoms with Gasteiger partial charge in [-0.1, -0.05) is 38.1 Å². The summed E-state index contributed by atoms with van der Waals surface area (Å²) < 4.78 is 5.34. The molecule has 28 heavy (non-hydrogen) atoms. The molecule has 2 aromatic rings. The van der Waals surface area contributed by atoms with E-state index in [4.69, 9.17) is 4.74 Å². The number of ether oxygens (including phenoxy) is 1. The molecule has 7 nitrogen and oxygen atoms in total. The first-order chi connectivity index (χ1) is 13.4. The Labute approximate surface area is 163 Å². The Morgan fingerprint density at radius 2 is 1.79 bits per heavy atom. The average molecular weight is 381 g/mol. The van der Waals surface area contributed by atoms with Gasteiger partial charge in [0.15, 0.2) is 6.61 Å². The van der Waals surface area contributed by atoms with Crippen molar-refractivity contribution in [3.8, 4) is 5.75 Å². The average Bonchev–Trinajstić information content (AvgIpc) is 2.68. The number of carbonyl (C=O) groups excluding carboxylic acids is 3. The lowest BCUT2D eigenvalue weighted by Crippen LogP contribution is -2.49. The first-order valence-corrected chi connectivity index (χ1v) is 9.14. The summed E-state index contributed by atoms with van der Waals surface area (Å²) in [5, 5.41) is 0. The van der Waals surface area contributed by atoms with Crippen LogP contribution in [0, 0.1) is 5.92 Å².